The van der Waals surface area contributed by atoms with Crippen molar-refractivity contribution in [2.75, 3.05) is 20.9 Å². The summed E-state index contributed by atoms with van der Waals surface area (Å²) >= 11 is 6.19. The summed E-state index contributed by atoms with van der Waals surface area (Å²) in [7, 11) is 3.00. The van der Waals surface area contributed by atoms with Gasteiger partial charge in [-0.05, 0) is 29.9 Å². The molecule has 1 saturated carbocycles. The molecular formula is C15H15ClFN3O2. The minimum Gasteiger partial charge on any atom is -0.480 e. The van der Waals surface area contributed by atoms with Crippen LogP contribution in [0.5, 0.6) is 11.9 Å². The fourth-order valence-corrected chi connectivity index (χ4v) is 2.71. The van der Waals surface area contributed by atoms with Crippen LogP contribution in [0.1, 0.15) is 17.9 Å². The molecule has 0 saturated heterocycles. The predicted molar refractivity (Wildman–Crippen MR) is 80.2 cm³/mol. The average molecular weight is 324 g/mol. The number of hydrogen-bond donors (Lipinski definition) is 0. The van der Waals surface area contributed by atoms with E-state index < -0.39 is 0 Å². The fraction of sp³-hybridized carbons (Fsp3) is 0.400. The van der Waals surface area contributed by atoms with Crippen LogP contribution in [0.2, 0.25) is 5.02 Å². The van der Waals surface area contributed by atoms with E-state index in [0.29, 0.717) is 22.2 Å². The van der Waals surface area contributed by atoms with E-state index in [2.05, 4.69) is 15.0 Å². The Morgan fingerprint density at radius 1 is 1.27 bits per heavy atom. The van der Waals surface area contributed by atoms with Crippen LogP contribution in [0.25, 0.3) is 11.3 Å². The molecule has 3 rings (SSSR count). The van der Waals surface area contributed by atoms with Crippen LogP contribution in [0, 0.1) is 5.92 Å². The van der Waals surface area contributed by atoms with Gasteiger partial charge >= 0.3 is 6.01 Å². The van der Waals surface area contributed by atoms with Gasteiger partial charge in [0.25, 0.3) is 0 Å². The Kier molecular flexibility index (Phi) is 4.11. The Hall–Kier alpha value is -1.95. The molecule has 5 nitrogen and oxygen atoms in total. The number of methoxy groups -OCH3 is 2. The van der Waals surface area contributed by atoms with Crippen LogP contribution in [-0.2, 0) is 0 Å². The van der Waals surface area contributed by atoms with E-state index in [1.807, 2.05) is 6.07 Å². The van der Waals surface area contributed by atoms with Gasteiger partial charge in [-0.2, -0.15) is 4.98 Å². The smallest absolute Gasteiger partial charge is 0.319 e. The summed E-state index contributed by atoms with van der Waals surface area (Å²) < 4.78 is 23.0. The molecule has 0 amide bonds. The van der Waals surface area contributed by atoms with Crippen molar-refractivity contribution in [1.82, 2.24) is 15.0 Å². The zero-order chi connectivity index (χ0) is 15.7. The zero-order valence-electron chi connectivity index (χ0n) is 12.2. The average Bonchev–Trinajstić information content (AvgIpc) is 3.34. The summed E-state index contributed by atoms with van der Waals surface area (Å²) in [5.41, 5.74) is 2.19. The normalized spacial score (nSPS) is 19.8. The van der Waals surface area contributed by atoms with E-state index in [4.69, 9.17) is 21.1 Å². The van der Waals surface area contributed by atoms with Crippen LogP contribution in [0.3, 0.4) is 0 Å². The Labute approximate surface area is 132 Å². The van der Waals surface area contributed by atoms with Gasteiger partial charge in [0, 0.05) is 12.4 Å². The number of hydrogen-bond acceptors (Lipinski definition) is 5. The third-order valence-electron chi connectivity index (χ3n) is 3.79. The summed E-state index contributed by atoms with van der Waals surface area (Å²) in [4.78, 5) is 12.5. The molecule has 2 atom stereocenters. The number of pyridine rings is 1. The highest BCUT2D eigenvalue weighted by Gasteiger charge is 2.39. The molecule has 2 heterocycles. The lowest BCUT2D eigenvalue weighted by molar-refractivity contribution is 0.353. The molecule has 116 valence electrons. The van der Waals surface area contributed by atoms with Crippen molar-refractivity contribution in [2.24, 2.45) is 5.92 Å². The maximum Gasteiger partial charge on any atom is 0.319 e. The molecule has 0 aliphatic heterocycles. The Balaban J connectivity index is 2.00. The number of ether oxygens (including phenoxy) is 2. The molecule has 1 aliphatic rings. The van der Waals surface area contributed by atoms with Crippen molar-refractivity contribution < 1.29 is 13.9 Å². The number of aromatic nitrogens is 3. The third kappa shape index (κ3) is 2.70. The molecule has 1 aliphatic carbocycles. The zero-order valence-corrected chi connectivity index (χ0v) is 13.0. The first kappa shape index (κ1) is 15.0. The first-order valence-electron chi connectivity index (χ1n) is 6.84. The second-order valence-electron chi connectivity index (χ2n) is 5.13. The lowest BCUT2D eigenvalue weighted by Crippen LogP contribution is -1.99. The van der Waals surface area contributed by atoms with Crippen LogP contribution >= 0.6 is 11.6 Å². The molecule has 0 radical (unpaired) electrons. The van der Waals surface area contributed by atoms with Crippen molar-refractivity contribution in [2.45, 2.75) is 12.3 Å². The summed E-state index contributed by atoms with van der Waals surface area (Å²) in [6.45, 7) is -0.326. The summed E-state index contributed by atoms with van der Waals surface area (Å²) in [6, 6.07) is 2.07. The number of alkyl halides is 1. The molecule has 2 aromatic heterocycles. The Morgan fingerprint density at radius 3 is 2.73 bits per heavy atom. The highest BCUT2D eigenvalue weighted by molar-refractivity contribution is 6.31. The molecule has 2 aromatic rings. The lowest BCUT2D eigenvalue weighted by atomic mass is 10.1. The van der Waals surface area contributed by atoms with Crippen LogP contribution in [-0.4, -0.2) is 35.8 Å². The highest BCUT2D eigenvalue weighted by Crippen LogP contribution is 2.50. The van der Waals surface area contributed by atoms with Crippen LogP contribution in [0.15, 0.2) is 18.5 Å². The van der Waals surface area contributed by atoms with Gasteiger partial charge in [0.05, 0.1) is 37.2 Å². The number of rotatable bonds is 5. The van der Waals surface area contributed by atoms with E-state index in [1.54, 1.807) is 12.4 Å². The standard InChI is InChI=1S/C15H15ClFN3O2/c1-21-14-11(6-19-15(20-14)22-2)13-4-10(12(16)7-18-13)9-3-8(9)5-17/h4,6-9H,3,5H2,1-2H3/t8-,9+/m1/s1. The molecule has 22 heavy (non-hydrogen) atoms. The van der Waals surface area contributed by atoms with Gasteiger partial charge in [-0.25, -0.2) is 4.98 Å². The van der Waals surface area contributed by atoms with E-state index in [1.165, 1.54) is 14.2 Å². The first-order valence-corrected chi connectivity index (χ1v) is 7.22. The number of nitrogens with zero attached hydrogens (tertiary/aromatic N) is 3. The second-order valence-corrected chi connectivity index (χ2v) is 5.53. The van der Waals surface area contributed by atoms with Crippen LogP contribution in [0.4, 0.5) is 4.39 Å². The molecule has 7 heteroatoms. The summed E-state index contributed by atoms with van der Waals surface area (Å²) in [5, 5.41) is 0.554. The van der Waals surface area contributed by atoms with Gasteiger partial charge in [0.2, 0.25) is 5.88 Å². The maximum absolute atomic E-state index is 12.8. The SMILES string of the molecule is COc1ncc(-c2cc([C@H]3C[C@@H]3CF)c(Cl)cn2)c(OC)n1. The van der Waals surface area contributed by atoms with Gasteiger partial charge in [-0.3, -0.25) is 9.37 Å². The molecule has 0 bridgehead atoms. The Morgan fingerprint density at radius 2 is 2.09 bits per heavy atom. The first-order chi connectivity index (χ1) is 10.7. The summed E-state index contributed by atoms with van der Waals surface area (Å²) in [5.74, 6) is 0.580. The Bertz CT molecular complexity index is 698. The quantitative estimate of drug-likeness (QED) is 0.845. The van der Waals surface area contributed by atoms with Crippen molar-refractivity contribution in [3.05, 3.63) is 29.0 Å². The van der Waals surface area contributed by atoms with Crippen LogP contribution < -0.4 is 9.47 Å². The third-order valence-corrected chi connectivity index (χ3v) is 4.10. The topological polar surface area (TPSA) is 57.1 Å². The minimum absolute atomic E-state index is 0.0572. The van der Waals surface area contributed by atoms with Crippen molar-refractivity contribution in [1.29, 1.82) is 0 Å². The molecule has 0 N–H and O–H groups in total. The van der Waals surface area contributed by atoms with Gasteiger partial charge in [-0.15, -0.1) is 0 Å². The van der Waals surface area contributed by atoms with Gasteiger partial charge in [0.1, 0.15) is 0 Å². The molecule has 0 spiro atoms. The van der Waals surface area contributed by atoms with E-state index in [9.17, 15) is 4.39 Å². The maximum atomic E-state index is 12.8. The van der Waals surface area contributed by atoms with Crippen molar-refractivity contribution in [3.63, 3.8) is 0 Å². The van der Waals surface area contributed by atoms with Gasteiger partial charge in [0.15, 0.2) is 0 Å². The predicted octanol–water partition coefficient (Wildman–Crippen LogP) is 3.28. The minimum atomic E-state index is -0.326. The second kappa shape index (κ2) is 6.04. The van der Waals surface area contributed by atoms with E-state index in [-0.39, 0.29) is 24.5 Å². The fourth-order valence-electron chi connectivity index (χ4n) is 2.47. The van der Waals surface area contributed by atoms with Gasteiger partial charge < -0.3 is 9.47 Å². The lowest BCUT2D eigenvalue weighted by Gasteiger charge is -2.10. The monoisotopic (exact) mass is 323 g/mol. The van der Waals surface area contributed by atoms with E-state index in [0.717, 1.165) is 12.0 Å². The molecular weight excluding hydrogens is 309 g/mol. The van der Waals surface area contributed by atoms with E-state index >= 15 is 0 Å². The van der Waals surface area contributed by atoms with Crippen molar-refractivity contribution in [3.8, 4) is 23.1 Å². The summed E-state index contributed by atoms with van der Waals surface area (Å²) in [6.07, 6.45) is 3.98. The molecule has 1 fully saturated rings. The molecule has 0 aromatic carbocycles. The largest absolute Gasteiger partial charge is 0.480 e. The van der Waals surface area contributed by atoms with Crippen molar-refractivity contribution >= 4 is 11.6 Å². The van der Waals surface area contributed by atoms with Gasteiger partial charge in [-0.1, -0.05) is 11.6 Å². The molecule has 0 unspecified atom stereocenters. The highest BCUT2D eigenvalue weighted by atomic mass is 35.5. The number of halogens is 2.